The van der Waals surface area contributed by atoms with E-state index >= 15 is 0 Å². The minimum atomic E-state index is -1.60. The van der Waals surface area contributed by atoms with Crippen molar-refractivity contribution >= 4 is 30.0 Å². The van der Waals surface area contributed by atoms with Gasteiger partial charge in [0.2, 0.25) is 0 Å². The van der Waals surface area contributed by atoms with Crippen LogP contribution in [0.1, 0.15) is 50.3 Å². The van der Waals surface area contributed by atoms with Crippen LogP contribution in [0.25, 0.3) is 21.6 Å². The Kier molecular flexibility index (Phi) is 13.2. The predicted octanol–water partition coefficient (Wildman–Crippen LogP) is 4.87. The van der Waals surface area contributed by atoms with E-state index in [1.165, 1.54) is 6.92 Å². The Morgan fingerprint density at radius 1 is 0.778 bits per heavy atom. The molecule has 1 saturated heterocycles. The fraction of sp³-hybridized carbons (Fsp3) is 0.395. The number of benzene rings is 3. The topological polar surface area (TPSA) is 211 Å². The number of hydrogen-bond donors (Lipinski definition) is 1. The molecule has 16 nitrogen and oxygen atoms in total. The van der Waals surface area contributed by atoms with E-state index in [1.807, 2.05) is 48.5 Å². The molecule has 1 aliphatic heterocycles. The fourth-order valence-corrected chi connectivity index (χ4v) is 6.42. The molecule has 2 aliphatic rings. The zero-order valence-corrected chi connectivity index (χ0v) is 30.0. The number of ether oxygens (including phenoxy) is 7. The Morgan fingerprint density at radius 2 is 1.37 bits per heavy atom. The van der Waals surface area contributed by atoms with Crippen LogP contribution < -0.4 is 5.32 Å². The largest absolute Gasteiger partial charge is 0.463 e. The lowest BCUT2D eigenvalue weighted by Crippen LogP contribution is -2.62. The van der Waals surface area contributed by atoms with E-state index in [1.54, 1.807) is 30.3 Å². The Hall–Kier alpha value is -5.96. The van der Waals surface area contributed by atoms with Crippen LogP contribution >= 0.6 is 0 Å². The molecule has 1 amide bonds. The molecule has 1 fully saturated rings. The molecule has 7 atom stereocenters. The first-order valence-electron chi connectivity index (χ1n) is 17.1. The van der Waals surface area contributed by atoms with Crippen molar-refractivity contribution in [2.75, 3.05) is 13.2 Å². The summed E-state index contributed by atoms with van der Waals surface area (Å²) in [5.41, 5.74) is 14.2. The summed E-state index contributed by atoms with van der Waals surface area (Å²) in [5, 5.41) is 6.26. The monoisotopic (exact) mass is 744 g/mol. The lowest BCUT2D eigenvalue weighted by Gasteiger charge is -2.44. The van der Waals surface area contributed by atoms with Gasteiger partial charge in [0.25, 0.3) is 0 Å². The lowest BCUT2D eigenvalue weighted by atomic mass is 9.96. The minimum Gasteiger partial charge on any atom is -0.463 e. The van der Waals surface area contributed by atoms with Gasteiger partial charge in [0.15, 0.2) is 24.5 Å². The van der Waals surface area contributed by atoms with Crippen LogP contribution in [0.5, 0.6) is 0 Å². The Bertz CT molecular complexity index is 1840. The van der Waals surface area contributed by atoms with Crippen molar-refractivity contribution in [3.05, 3.63) is 106 Å². The first kappa shape index (κ1) is 39.3. The number of carbonyl (C=O) groups excluding carboxylic acids is 5. The smallest absolute Gasteiger partial charge is 0.407 e. The average molecular weight is 745 g/mol. The lowest BCUT2D eigenvalue weighted by molar-refractivity contribution is -0.284. The molecule has 1 heterocycles. The summed E-state index contributed by atoms with van der Waals surface area (Å²) in [6.45, 7) is 4.08. The number of nitrogens with one attached hydrogen (secondary N) is 1. The van der Waals surface area contributed by atoms with Crippen LogP contribution in [0.2, 0.25) is 0 Å². The molecule has 0 radical (unpaired) electrons. The summed E-state index contributed by atoms with van der Waals surface area (Å²) in [7, 11) is 0. The summed E-state index contributed by atoms with van der Waals surface area (Å²) in [6.07, 6.45) is -8.00. The number of alkyl carbamates (subject to hydrolysis) is 1. The summed E-state index contributed by atoms with van der Waals surface area (Å²) >= 11 is 0. The predicted molar refractivity (Wildman–Crippen MR) is 188 cm³/mol. The van der Waals surface area contributed by atoms with Crippen molar-refractivity contribution in [3.63, 3.8) is 0 Å². The van der Waals surface area contributed by atoms with Crippen LogP contribution in [0.15, 0.2) is 84.0 Å². The third-order valence-corrected chi connectivity index (χ3v) is 8.77. The third kappa shape index (κ3) is 9.72. The number of rotatable bonds is 14. The number of nitrogens with zero attached hydrogens (tertiary/aromatic N) is 3. The number of azide groups is 1. The summed E-state index contributed by atoms with van der Waals surface area (Å²) in [4.78, 5) is 66.0. The van der Waals surface area contributed by atoms with Crippen molar-refractivity contribution in [1.82, 2.24) is 5.32 Å². The quantitative estimate of drug-likeness (QED) is 0.0770. The molecule has 0 aromatic heterocycles. The second kappa shape index (κ2) is 18.2. The van der Waals surface area contributed by atoms with Crippen molar-refractivity contribution in [1.29, 1.82) is 0 Å². The molecular formula is C38H40N4O12. The second-order valence-electron chi connectivity index (χ2n) is 12.6. The molecule has 3 aromatic rings. The molecule has 3 aromatic carbocycles. The van der Waals surface area contributed by atoms with Crippen molar-refractivity contribution in [3.8, 4) is 11.1 Å². The highest BCUT2D eigenvalue weighted by Crippen LogP contribution is 2.44. The van der Waals surface area contributed by atoms with Gasteiger partial charge in [-0.2, -0.15) is 0 Å². The van der Waals surface area contributed by atoms with Crippen LogP contribution in [0.4, 0.5) is 4.79 Å². The SMILES string of the molecule is CC(=O)OC[C@H]1O[C@H](O[C@H](C)[C@@H](NC(=O)OCC2c3ccccc3-c3ccccc32)C(=O)OCc2ccccc2)[C@H](N=[N+]=[N-])[C@@H](OC(C)=O)[C@@H]1OC(C)=O. The van der Waals surface area contributed by atoms with E-state index in [0.29, 0.717) is 5.56 Å². The average Bonchev–Trinajstić information content (AvgIpc) is 3.47. The molecule has 1 N–H and O–H groups in total. The van der Waals surface area contributed by atoms with Gasteiger partial charge in [-0.1, -0.05) is 84.0 Å². The van der Waals surface area contributed by atoms with Gasteiger partial charge in [-0.15, -0.1) is 0 Å². The van der Waals surface area contributed by atoms with E-state index in [0.717, 1.165) is 43.0 Å². The highest BCUT2D eigenvalue weighted by molar-refractivity contribution is 5.82. The Labute approximate surface area is 310 Å². The molecule has 0 bridgehead atoms. The molecule has 5 rings (SSSR count). The summed E-state index contributed by atoms with van der Waals surface area (Å²) in [6, 6.07) is 21.4. The van der Waals surface area contributed by atoms with Gasteiger partial charge in [-0.25, -0.2) is 9.59 Å². The molecule has 0 saturated carbocycles. The maximum Gasteiger partial charge on any atom is 0.407 e. The Balaban J connectivity index is 1.38. The molecule has 0 unspecified atom stereocenters. The van der Waals surface area contributed by atoms with Gasteiger partial charge in [0.1, 0.15) is 32.0 Å². The molecular weight excluding hydrogens is 704 g/mol. The number of hydrogen-bond acceptors (Lipinski definition) is 13. The van der Waals surface area contributed by atoms with E-state index in [4.69, 9.17) is 33.2 Å². The van der Waals surface area contributed by atoms with Gasteiger partial charge >= 0.3 is 30.0 Å². The zero-order valence-electron chi connectivity index (χ0n) is 30.0. The Morgan fingerprint density at radius 3 is 1.96 bits per heavy atom. The van der Waals surface area contributed by atoms with E-state index in [-0.39, 0.29) is 19.1 Å². The number of amides is 1. The van der Waals surface area contributed by atoms with E-state index < -0.39 is 79.4 Å². The van der Waals surface area contributed by atoms with Crippen LogP contribution in [-0.2, 0) is 58.9 Å². The van der Waals surface area contributed by atoms with Crippen LogP contribution in [0.3, 0.4) is 0 Å². The first-order chi connectivity index (χ1) is 26.0. The van der Waals surface area contributed by atoms with Gasteiger partial charge in [-0.05, 0) is 40.3 Å². The molecule has 16 heteroatoms. The maximum absolute atomic E-state index is 13.7. The minimum absolute atomic E-state index is 0.0506. The van der Waals surface area contributed by atoms with E-state index in [9.17, 15) is 29.5 Å². The first-order valence-corrected chi connectivity index (χ1v) is 17.1. The second-order valence-corrected chi connectivity index (χ2v) is 12.6. The highest BCUT2D eigenvalue weighted by atomic mass is 16.7. The number of esters is 4. The standard InChI is InChI=1S/C38H40N4O12/c1-21(51-37-33(41-42-39)35(53-24(4)45)34(52-23(3)44)31(54-37)20-48-22(2)43)32(36(46)49-18-25-12-6-5-7-13-25)40-38(47)50-19-30-28-16-10-8-14-26(28)27-15-9-11-17-29(27)30/h5-17,21,30-35,37H,18-20H2,1-4H3,(H,40,47)/t21-,31-,32-,33-,34-,35-,37+/m1/s1. The summed E-state index contributed by atoms with van der Waals surface area (Å²) < 4.78 is 39.4. The highest BCUT2D eigenvalue weighted by Gasteiger charge is 2.51. The van der Waals surface area contributed by atoms with Gasteiger partial charge in [0, 0.05) is 31.6 Å². The number of carbonyl (C=O) groups is 5. The van der Waals surface area contributed by atoms with Gasteiger partial charge < -0.3 is 38.5 Å². The van der Waals surface area contributed by atoms with Gasteiger partial charge in [-0.3, -0.25) is 14.4 Å². The summed E-state index contributed by atoms with van der Waals surface area (Å²) in [5.74, 6) is -3.48. The van der Waals surface area contributed by atoms with Crippen molar-refractivity contribution in [2.24, 2.45) is 5.11 Å². The van der Waals surface area contributed by atoms with Gasteiger partial charge in [0.05, 0.1) is 6.10 Å². The third-order valence-electron chi connectivity index (χ3n) is 8.77. The zero-order chi connectivity index (χ0) is 38.8. The molecule has 284 valence electrons. The maximum atomic E-state index is 13.7. The van der Waals surface area contributed by atoms with Crippen molar-refractivity contribution < 1.29 is 57.1 Å². The fourth-order valence-electron chi connectivity index (χ4n) is 6.42. The normalized spacial score (nSPS) is 21.1. The van der Waals surface area contributed by atoms with E-state index in [2.05, 4.69) is 15.3 Å². The van der Waals surface area contributed by atoms with Crippen LogP contribution in [-0.4, -0.2) is 86.0 Å². The number of fused-ring (bicyclic) bond motifs is 3. The molecule has 0 spiro atoms. The molecule has 1 aliphatic carbocycles. The van der Waals surface area contributed by atoms with Crippen molar-refractivity contribution in [2.45, 2.75) is 83.0 Å². The molecule has 54 heavy (non-hydrogen) atoms. The van der Waals surface area contributed by atoms with Crippen LogP contribution in [0, 0.1) is 0 Å².